The Morgan fingerprint density at radius 3 is 1.36 bits per heavy atom. The fraction of sp³-hybridized carbons (Fsp3) is 1.00. The van der Waals surface area contributed by atoms with Crippen LogP contribution in [0.3, 0.4) is 0 Å². The van der Waals surface area contributed by atoms with Gasteiger partial charge in [-0.25, -0.2) is 0 Å². The van der Waals surface area contributed by atoms with Gasteiger partial charge in [-0.2, -0.15) is 0 Å². The third kappa shape index (κ3) is 22.8. The summed E-state index contributed by atoms with van der Waals surface area (Å²) in [4.78, 5) is 0. The number of aliphatic hydroxyl groups excluding tert-OH is 4. The molecule has 6 heteroatoms. The lowest BCUT2D eigenvalue weighted by molar-refractivity contribution is -0.870. The zero-order chi connectivity index (χ0) is 10.9. The Morgan fingerprint density at radius 2 is 1.36 bits per heavy atom. The van der Waals surface area contributed by atoms with Crippen LogP contribution >= 0.6 is 0 Å². The summed E-state index contributed by atoms with van der Waals surface area (Å²) in [5.41, 5.74) is 0. The molecular weight excluding hydrogens is 254 g/mol. The van der Waals surface area contributed by atoms with E-state index in [0.717, 1.165) is 11.0 Å². The van der Waals surface area contributed by atoms with E-state index in [9.17, 15) is 0 Å². The van der Waals surface area contributed by atoms with Gasteiger partial charge in [-0.3, -0.25) is 0 Å². The van der Waals surface area contributed by atoms with E-state index in [4.69, 9.17) is 20.4 Å². The van der Waals surface area contributed by atoms with Crippen molar-refractivity contribution in [2.75, 3.05) is 47.5 Å². The quantitative estimate of drug-likeness (QED) is 0.388. The van der Waals surface area contributed by atoms with Crippen molar-refractivity contribution in [2.45, 2.75) is 6.10 Å². The first-order valence-electron chi connectivity index (χ1n) is 4.18. The number of rotatable bonds is 4. The molecule has 5 nitrogen and oxygen atoms in total. The van der Waals surface area contributed by atoms with Gasteiger partial charge < -0.3 is 41.9 Å². The van der Waals surface area contributed by atoms with Crippen molar-refractivity contribution in [1.29, 1.82) is 0 Å². The van der Waals surface area contributed by atoms with Gasteiger partial charge in [0.2, 0.25) is 0 Å². The van der Waals surface area contributed by atoms with Crippen molar-refractivity contribution in [3.05, 3.63) is 0 Å². The summed E-state index contributed by atoms with van der Waals surface area (Å²) in [6, 6.07) is 0. The highest BCUT2D eigenvalue weighted by atomic mass is 79.9. The van der Waals surface area contributed by atoms with Crippen LogP contribution in [0.1, 0.15) is 0 Å². The second-order valence-electron chi connectivity index (χ2n) is 3.76. The number of quaternary nitrogens is 1. The second-order valence-corrected chi connectivity index (χ2v) is 3.76. The second kappa shape index (κ2) is 11.4. The lowest BCUT2D eigenvalue weighted by Gasteiger charge is -2.21. The highest BCUT2D eigenvalue weighted by molar-refractivity contribution is 4.44. The van der Waals surface area contributed by atoms with Gasteiger partial charge in [-0.05, 0) is 0 Å². The van der Waals surface area contributed by atoms with Crippen LogP contribution in [0.25, 0.3) is 0 Å². The average molecular weight is 276 g/mol. The van der Waals surface area contributed by atoms with E-state index in [-0.39, 0.29) is 36.8 Å². The molecule has 0 aromatic rings. The van der Waals surface area contributed by atoms with E-state index < -0.39 is 6.10 Å². The number of aliphatic hydroxyl groups is 4. The molecule has 0 aromatic carbocycles. The Labute approximate surface area is 96.0 Å². The predicted octanol–water partition coefficient (Wildman–Crippen LogP) is -4.98. The molecule has 4 N–H and O–H groups in total. The van der Waals surface area contributed by atoms with Crippen LogP contribution in [0, 0.1) is 0 Å². The van der Waals surface area contributed by atoms with Crippen LogP contribution in [-0.2, 0) is 0 Å². The summed E-state index contributed by atoms with van der Waals surface area (Å²) in [6.45, 7) is 0.385. The van der Waals surface area contributed by atoms with E-state index in [1.54, 1.807) is 0 Å². The summed E-state index contributed by atoms with van der Waals surface area (Å²) in [5.74, 6) is 0. The first-order valence-corrected chi connectivity index (χ1v) is 4.18. The maximum absolute atomic E-state index is 8.39. The van der Waals surface area contributed by atoms with Crippen LogP contribution in [0.5, 0.6) is 0 Å². The van der Waals surface area contributed by atoms with Crippen LogP contribution in [0.15, 0.2) is 0 Å². The molecule has 0 heterocycles. The smallest absolute Gasteiger partial charge is 0.101 e. The third-order valence-corrected chi connectivity index (χ3v) is 1.19. The van der Waals surface area contributed by atoms with Gasteiger partial charge in [0.15, 0.2) is 0 Å². The van der Waals surface area contributed by atoms with E-state index >= 15 is 0 Å². The van der Waals surface area contributed by atoms with Crippen LogP contribution in [-0.4, -0.2) is 78.5 Å². The van der Waals surface area contributed by atoms with Crippen molar-refractivity contribution in [3.63, 3.8) is 0 Å². The minimum Gasteiger partial charge on any atom is -1.00 e. The van der Waals surface area contributed by atoms with Crippen molar-refractivity contribution in [2.24, 2.45) is 0 Å². The average Bonchev–Trinajstić information content (AvgIpc) is 2.02. The number of hydrogen-bond donors (Lipinski definition) is 4. The minimum atomic E-state index is -0.954. The molecule has 0 saturated heterocycles. The van der Waals surface area contributed by atoms with E-state index in [2.05, 4.69) is 21.1 Å². The highest BCUT2D eigenvalue weighted by Gasteiger charge is 2.02. The first kappa shape index (κ1) is 19.8. The van der Waals surface area contributed by atoms with Crippen LogP contribution in [0.2, 0.25) is 0 Å². The Morgan fingerprint density at radius 1 is 1.00 bits per heavy atom. The Hall–Kier alpha value is 0.280. The Bertz CT molecular complexity index is 104. The molecule has 0 amide bonds. The molecule has 0 aliphatic heterocycles. The zero-order valence-corrected chi connectivity index (χ0v) is 10.6. The van der Waals surface area contributed by atoms with E-state index in [0.29, 0.717) is 0 Å². The number of halogens is 1. The molecule has 0 aromatic heterocycles. The molecule has 14 heavy (non-hydrogen) atoms. The summed E-state index contributed by atoms with van der Waals surface area (Å²) in [7, 11) is 6.16. The van der Waals surface area contributed by atoms with Crippen molar-refractivity contribution in [3.8, 4) is 0 Å². The number of likely N-dealkylation sites (N-methyl/N-ethyl adjacent to an activating group) is 1. The van der Waals surface area contributed by atoms with Crippen LogP contribution in [0.4, 0.5) is 0 Å². The van der Waals surface area contributed by atoms with Gasteiger partial charge in [0.25, 0.3) is 0 Å². The maximum atomic E-state index is 8.39. The van der Waals surface area contributed by atoms with Crippen LogP contribution < -0.4 is 17.0 Å². The van der Waals surface area contributed by atoms with E-state index in [1.165, 1.54) is 0 Å². The summed E-state index contributed by atoms with van der Waals surface area (Å²) < 4.78 is 0.844. The molecule has 0 radical (unpaired) electrons. The number of nitrogens with zero attached hydrogens (tertiary/aromatic N) is 1. The standard InChI is InChI=1S/C5H14NO.C3H8O3.BrH/c1-6(2,3)4-5-7;4-1-3(6)2-5;/h7H,4-5H2,1-3H3;3-6H,1-2H2;1H/q+1;;/p-1. The Kier molecular flexibility index (Phi) is 16.1. The fourth-order valence-corrected chi connectivity index (χ4v) is 0.358. The normalized spacial score (nSPS) is 10.3. The summed E-state index contributed by atoms with van der Waals surface area (Å²) >= 11 is 0. The summed E-state index contributed by atoms with van der Waals surface area (Å²) in [5, 5.41) is 32.4. The topological polar surface area (TPSA) is 80.9 Å². The number of hydrogen-bond acceptors (Lipinski definition) is 4. The summed E-state index contributed by atoms with van der Waals surface area (Å²) in [6.07, 6.45) is -0.954. The predicted molar refractivity (Wildman–Crippen MR) is 50.2 cm³/mol. The molecule has 0 bridgehead atoms. The minimum absolute atomic E-state index is 0. The molecule has 0 fully saturated rings. The van der Waals surface area contributed by atoms with Gasteiger partial charge >= 0.3 is 0 Å². The van der Waals surface area contributed by atoms with Crippen molar-refractivity contribution < 1.29 is 41.9 Å². The molecular formula is C8H22BrNO4. The Balaban J connectivity index is -0.000000163. The van der Waals surface area contributed by atoms with Gasteiger partial charge in [0.1, 0.15) is 12.6 Å². The molecule has 0 saturated carbocycles. The molecule has 0 aliphatic rings. The van der Waals surface area contributed by atoms with Gasteiger partial charge in [0.05, 0.1) is 41.0 Å². The highest BCUT2D eigenvalue weighted by Crippen LogP contribution is 1.84. The van der Waals surface area contributed by atoms with Gasteiger partial charge in [-0.1, -0.05) is 0 Å². The fourth-order valence-electron chi connectivity index (χ4n) is 0.358. The lowest BCUT2D eigenvalue weighted by Crippen LogP contribution is -3.00. The van der Waals surface area contributed by atoms with Crippen molar-refractivity contribution in [1.82, 2.24) is 0 Å². The molecule has 0 atom stereocenters. The molecule has 0 unspecified atom stereocenters. The largest absolute Gasteiger partial charge is 1.00 e. The van der Waals surface area contributed by atoms with Crippen molar-refractivity contribution >= 4 is 0 Å². The molecule has 0 aliphatic carbocycles. The first-order chi connectivity index (χ1) is 5.87. The molecule has 90 valence electrons. The molecule has 0 spiro atoms. The lowest BCUT2D eigenvalue weighted by atomic mass is 10.4. The van der Waals surface area contributed by atoms with Gasteiger partial charge in [0, 0.05) is 0 Å². The SMILES string of the molecule is C[N+](C)(C)CCO.OCC(O)CO.[Br-]. The van der Waals surface area contributed by atoms with Gasteiger partial charge in [-0.15, -0.1) is 0 Å². The third-order valence-electron chi connectivity index (χ3n) is 1.19. The van der Waals surface area contributed by atoms with E-state index in [1.807, 2.05) is 0 Å². The monoisotopic (exact) mass is 275 g/mol. The molecule has 0 rings (SSSR count). The maximum Gasteiger partial charge on any atom is 0.101 e. The zero-order valence-electron chi connectivity index (χ0n) is 9.02.